The maximum Gasteiger partial charge on any atom is 0.411 e. The molecule has 0 aromatic heterocycles. The van der Waals surface area contributed by atoms with Gasteiger partial charge in [-0.2, -0.15) is 0 Å². The van der Waals surface area contributed by atoms with Crippen molar-refractivity contribution in [2.75, 3.05) is 71.3 Å². The van der Waals surface area contributed by atoms with E-state index in [-0.39, 0.29) is 43.3 Å². The zero-order valence-corrected chi connectivity index (χ0v) is 30.7. The number of benzene rings is 2. The van der Waals surface area contributed by atoms with E-state index in [1.807, 2.05) is 29.2 Å². The molecule has 51 heavy (non-hydrogen) atoms. The van der Waals surface area contributed by atoms with Crippen LogP contribution in [0.15, 0.2) is 46.9 Å². The predicted octanol–water partition coefficient (Wildman–Crippen LogP) is 3.56. The smallest absolute Gasteiger partial charge is 0.411 e. The Labute approximate surface area is 307 Å². The Kier molecular flexibility index (Phi) is 11.8. The van der Waals surface area contributed by atoms with E-state index < -0.39 is 11.8 Å². The number of para-hydroxylation sites is 1. The molecular weight excluding hydrogens is 722 g/mol. The van der Waals surface area contributed by atoms with E-state index in [2.05, 4.69) is 35.9 Å². The van der Waals surface area contributed by atoms with E-state index in [0.29, 0.717) is 66.6 Å². The molecule has 0 aliphatic carbocycles. The van der Waals surface area contributed by atoms with Gasteiger partial charge in [-0.3, -0.25) is 29.6 Å². The summed E-state index contributed by atoms with van der Waals surface area (Å²) in [7, 11) is 1.35. The molecule has 3 N–H and O–H groups in total. The molecule has 4 aliphatic heterocycles. The summed E-state index contributed by atoms with van der Waals surface area (Å²) in [6.45, 7) is 5.30. The number of carbonyl (C=O) groups is 4. The van der Waals surface area contributed by atoms with Crippen LogP contribution < -0.4 is 5.32 Å². The summed E-state index contributed by atoms with van der Waals surface area (Å²) >= 11 is 3.32. The van der Waals surface area contributed by atoms with Crippen LogP contribution in [-0.2, 0) is 27.4 Å². The molecule has 4 heterocycles. The number of amides is 4. The van der Waals surface area contributed by atoms with Crippen molar-refractivity contribution in [3.8, 4) is 5.75 Å². The molecule has 2 aromatic rings. The SMILES string of the molecule is CN(O)C(=O)CN1CCC(N2CCN([C@]3(CC=O)C[C@H](N4CCc5ccccc5NC4=O)CCN3C(=O)OCc3ccc(O)c(Br)c3)CC2)CC1. The predicted molar refractivity (Wildman–Crippen MR) is 192 cm³/mol. The molecule has 276 valence electrons. The molecular formula is C36H48BrN7O7. The van der Waals surface area contributed by atoms with Crippen molar-refractivity contribution >= 4 is 45.9 Å². The molecule has 3 saturated heterocycles. The number of rotatable bonds is 9. The van der Waals surface area contributed by atoms with Gasteiger partial charge in [0.1, 0.15) is 24.3 Å². The number of ether oxygens (including phenoxy) is 1. The fourth-order valence-corrected chi connectivity index (χ4v) is 8.63. The first kappa shape index (κ1) is 37.0. The largest absolute Gasteiger partial charge is 0.507 e. The average molecular weight is 771 g/mol. The summed E-state index contributed by atoms with van der Waals surface area (Å²) in [4.78, 5) is 62.6. The molecule has 0 unspecified atom stereocenters. The Hall–Kier alpha value is -3.76. The van der Waals surface area contributed by atoms with Gasteiger partial charge in [0.2, 0.25) is 0 Å². The molecule has 4 amide bonds. The maximum absolute atomic E-state index is 14.0. The van der Waals surface area contributed by atoms with E-state index in [0.717, 1.165) is 56.6 Å². The Morgan fingerprint density at radius 3 is 2.45 bits per heavy atom. The monoisotopic (exact) mass is 769 g/mol. The van der Waals surface area contributed by atoms with E-state index in [1.165, 1.54) is 13.1 Å². The lowest BCUT2D eigenvalue weighted by atomic mass is 9.85. The number of halogens is 1. The van der Waals surface area contributed by atoms with Gasteiger partial charge >= 0.3 is 12.1 Å². The van der Waals surface area contributed by atoms with Crippen LogP contribution in [0.25, 0.3) is 0 Å². The van der Waals surface area contributed by atoms with Crippen molar-refractivity contribution in [1.29, 1.82) is 0 Å². The van der Waals surface area contributed by atoms with Gasteiger partial charge in [0.05, 0.1) is 11.0 Å². The zero-order chi connectivity index (χ0) is 36.1. The van der Waals surface area contributed by atoms with Crippen molar-refractivity contribution in [3.05, 3.63) is 58.1 Å². The number of hydrogen-bond donors (Lipinski definition) is 3. The van der Waals surface area contributed by atoms with Crippen LogP contribution in [0.1, 0.15) is 43.2 Å². The number of aldehydes is 1. The third-order valence-electron chi connectivity index (χ3n) is 11.0. The second-order valence-electron chi connectivity index (χ2n) is 14.0. The number of nitrogens with zero attached hydrogens (tertiary/aromatic N) is 6. The third kappa shape index (κ3) is 8.33. The lowest BCUT2D eigenvalue weighted by Gasteiger charge is -2.57. The quantitative estimate of drug-likeness (QED) is 0.197. The minimum atomic E-state index is -0.997. The van der Waals surface area contributed by atoms with Crippen molar-refractivity contribution in [1.82, 2.24) is 29.6 Å². The standard InChI is InChI=1S/C36H48BrN7O7/c1-39(50)33(47)24-40-13-9-28(10-14-40)41-17-19-42(20-18-41)36(12-21-45)23-29(43-15-8-27-4-2-3-5-31(27)38-34(43)48)11-16-44(36)35(49)51-25-26-6-7-32(46)30(37)22-26/h2-7,21-22,28-29,46,50H,8-20,23-25H2,1H3,(H,38,48)/t29-,36+/m1/s1. The zero-order valence-electron chi connectivity index (χ0n) is 29.1. The van der Waals surface area contributed by atoms with E-state index in [1.54, 1.807) is 17.0 Å². The Bertz CT molecular complexity index is 1580. The molecule has 3 fully saturated rings. The molecule has 0 bridgehead atoms. The van der Waals surface area contributed by atoms with Crippen molar-refractivity contribution in [2.45, 2.75) is 62.9 Å². The molecule has 0 spiro atoms. The fourth-order valence-electron chi connectivity index (χ4n) is 8.20. The molecule has 0 radical (unpaired) electrons. The van der Waals surface area contributed by atoms with Crippen LogP contribution in [0, 0.1) is 0 Å². The summed E-state index contributed by atoms with van der Waals surface area (Å²) in [5, 5.41) is 23.1. The lowest BCUT2D eigenvalue weighted by molar-refractivity contribution is -0.160. The second-order valence-corrected chi connectivity index (χ2v) is 14.8. The first-order valence-corrected chi connectivity index (χ1v) is 18.5. The van der Waals surface area contributed by atoms with E-state index in [9.17, 15) is 29.5 Å². The summed E-state index contributed by atoms with van der Waals surface area (Å²) in [5.74, 6) is -0.235. The number of likely N-dealkylation sites (N-methyl/N-ethyl adjacent to an activating group) is 1. The number of aromatic hydroxyl groups is 1. The van der Waals surface area contributed by atoms with Gasteiger partial charge in [-0.1, -0.05) is 24.3 Å². The van der Waals surface area contributed by atoms with Crippen LogP contribution in [-0.4, -0.2) is 148 Å². The highest BCUT2D eigenvalue weighted by molar-refractivity contribution is 9.10. The first-order valence-electron chi connectivity index (χ1n) is 17.8. The van der Waals surface area contributed by atoms with Crippen molar-refractivity contribution < 1.29 is 34.2 Å². The number of urea groups is 1. The number of hydroxylamine groups is 2. The number of carbonyl (C=O) groups excluding carboxylic acids is 4. The van der Waals surface area contributed by atoms with E-state index >= 15 is 0 Å². The minimum absolute atomic E-state index is 0.00569. The van der Waals surface area contributed by atoms with Crippen LogP contribution in [0.3, 0.4) is 0 Å². The highest BCUT2D eigenvalue weighted by atomic mass is 79.9. The molecule has 15 heteroatoms. The highest BCUT2D eigenvalue weighted by Gasteiger charge is 2.52. The second kappa shape index (κ2) is 16.3. The van der Waals surface area contributed by atoms with Gasteiger partial charge in [-0.15, -0.1) is 0 Å². The fraction of sp³-hybridized carbons (Fsp3) is 0.556. The molecule has 0 saturated carbocycles. The van der Waals surface area contributed by atoms with Crippen molar-refractivity contribution in [3.63, 3.8) is 0 Å². The van der Waals surface area contributed by atoms with Crippen LogP contribution in [0.4, 0.5) is 15.3 Å². The number of hydrogen-bond acceptors (Lipinski definition) is 10. The molecule has 2 aromatic carbocycles. The molecule has 6 rings (SSSR count). The summed E-state index contributed by atoms with van der Waals surface area (Å²) < 4.78 is 6.38. The molecule has 2 atom stereocenters. The van der Waals surface area contributed by atoms with Gasteiger partial charge in [-0.05, 0) is 70.9 Å². The summed E-state index contributed by atoms with van der Waals surface area (Å²) in [6.07, 6.45) is 3.88. The number of phenolic OH excluding ortho intramolecular Hbond substituents is 1. The van der Waals surface area contributed by atoms with Crippen LogP contribution in [0.2, 0.25) is 0 Å². The van der Waals surface area contributed by atoms with Gasteiger partial charge in [0.15, 0.2) is 0 Å². The number of fused-ring (bicyclic) bond motifs is 1. The van der Waals surface area contributed by atoms with Gasteiger partial charge < -0.3 is 24.9 Å². The Morgan fingerprint density at radius 2 is 1.75 bits per heavy atom. The number of piperazine rings is 1. The molecule has 4 aliphatic rings. The van der Waals surface area contributed by atoms with Crippen molar-refractivity contribution in [2.24, 2.45) is 0 Å². The lowest BCUT2D eigenvalue weighted by Crippen LogP contribution is -2.71. The first-order chi connectivity index (χ1) is 24.6. The highest BCUT2D eigenvalue weighted by Crippen LogP contribution is 2.39. The Morgan fingerprint density at radius 1 is 1.02 bits per heavy atom. The number of piperidine rings is 2. The number of anilines is 1. The van der Waals surface area contributed by atoms with E-state index in [4.69, 9.17) is 4.74 Å². The number of nitrogens with one attached hydrogen (secondary N) is 1. The summed E-state index contributed by atoms with van der Waals surface area (Å²) in [5.41, 5.74) is 1.59. The third-order valence-corrected chi connectivity index (χ3v) is 11.7. The van der Waals surface area contributed by atoms with Gasteiger partial charge in [0.25, 0.3) is 5.91 Å². The molecule has 14 nitrogen and oxygen atoms in total. The topological polar surface area (TPSA) is 149 Å². The average Bonchev–Trinajstić information content (AvgIpc) is 3.30. The number of phenols is 1. The van der Waals surface area contributed by atoms with Crippen LogP contribution >= 0.6 is 15.9 Å². The maximum atomic E-state index is 14.0. The van der Waals surface area contributed by atoms with Gasteiger partial charge in [-0.25, -0.2) is 14.7 Å². The van der Waals surface area contributed by atoms with Gasteiger partial charge in [0, 0.05) is 90.0 Å². The minimum Gasteiger partial charge on any atom is -0.507 e. The normalized spacial score (nSPS) is 24.0. The van der Waals surface area contributed by atoms with Crippen LogP contribution in [0.5, 0.6) is 5.75 Å². The number of likely N-dealkylation sites (tertiary alicyclic amines) is 2. The summed E-state index contributed by atoms with van der Waals surface area (Å²) in [6, 6.07) is 12.7. The Balaban J connectivity index is 1.18.